The summed E-state index contributed by atoms with van der Waals surface area (Å²) in [5.74, 6) is -0.160. The Morgan fingerprint density at radius 1 is 1.00 bits per heavy atom. The van der Waals surface area contributed by atoms with Gasteiger partial charge >= 0.3 is 12.0 Å². The lowest BCUT2D eigenvalue weighted by atomic mass is 10.0. The van der Waals surface area contributed by atoms with E-state index in [4.69, 9.17) is 0 Å². The largest absolute Gasteiger partial charge is 0.481 e. The zero-order valence-electron chi connectivity index (χ0n) is 18.8. The van der Waals surface area contributed by atoms with Gasteiger partial charge in [-0.25, -0.2) is 4.79 Å². The van der Waals surface area contributed by atoms with Crippen LogP contribution in [-0.2, 0) is 4.79 Å². The number of benzene rings is 2. The van der Waals surface area contributed by atoms with Crippen molar-refractivity contribution in [1.82, 2.24) is 0 Å². The minimum Gasteiger partial charge on any atom is -0.481 e. The van der Waals surface area contributed by atoms with Crippen molar-refractivity contribution >= 4 is 29.1 Å². The predicted molar refractivity (Wildman–Crippen MR) is 126 cm³/mol. The topological polar surface area (TPSA) is 81.7 Å². The summed E-state index contributed by atoms with van der Waals surface area (Å²) in [6.07, 6.45) is 0.645. The molecule has 2 aromatic carbocycles. The number of hydrogen-bond acceptors (Lipinski definition) is 3. The van der Waals surface area contributed by atoms with Gasteiger partial charge in [-0.3, -0.25) is 4.79 Å². The van der Waals surface area contributed by atoms with E-state index in [9.17, 15) is 14.7 Å². The van der Waals surface area contributed by atoms with Crippen LogP contribution in [0.15, 0.2) is 48.5 Å². The van der Waals surface area contributed by atoms with Gasteiger partial charge in [0.05, 0.1) is 17.3 Å². The molecule has 1 fully saturated rings. The molecule has 6 nitrogen and oxygen atoms in total. The number of carboxylic acids is 1. The van der Waals surface area contributed by atoms with Gasteiger partial charge in [-0.1, -0.05) is 52.0 Å². The van der Waals surface area contributed by atoms with Gasteiger partial charge in [-0.05, 0) is 54.0 Å². The van der Waals surface area contributed by atoms with E-state index in [2.05, 4.69) is 43.2 Å². The number of aliphatic carboxylic acids is 1. The molecule has 2 amide bonds. The maximum atomic E-state index is 12.7. The number of hydrogen-bond donors (Lipinski definition) is 3. The molecule has 0 saturated heterocycles. The van der Waals surface area contributed by atoms with Gasteiger partial charge in [0.2, 0.25) is 0 Å². The summed E-state index contributed by atoms with van der Waals surface area (Å²) >= 11 is 0. The Morgan fingerprint density at radius 3 is 2.19 bits per heavy atom. The molecular weight excluding hydrogens is 390 g/mol. The summed E-state index contributed by atoms with van der Waals surface area (Å²) in [4.78, 5) is 26.4. The minimum atomic E-state index is -0.758. The van der Waals surface area contributed by atoms with Crippen LogP contribution in [0.5, 0.6) is 0 Å². The molecule has 166 valence electrons. The minimum absolute atomic E-state index is 0.00734. The second kappa shape index (κ2) is 9.86. The molecule has 0 bridgehead atoms. The summed E-state index contributed by atoms with van der Waals surface area (Å²) in [5.41, 5.74) is 3.34. The van der Waals surface area contributed by atoms with Crippen LogP contribution < -0.4 is 15.5 Å². The summed E-state index contributed by atoms with van der Waals surface area (Å²) in [5, 5.41) is 15.2. The lowest BCUT2D eigenvalue weighted by Gasteiger charge is -2.30. The molecule has 1 aliphatic rings. The maximum absolute atomic E-state index is 12.7. The van der Waals surface area contributed by atoms with Crippen molar-refractivity contribution < 1.29 is 14.7 Å². The van der Waals surface area contributed by atoms with Crippen LogP contribution in [0, 0.1) is 17.8 Å². The third-order valence-corrected chi connectivity index (χ3v) is 5.35. The van der Waals surface area contributed by atoms with Crippen molar-refractivity contribution in [3.05, 3.63) is 54.1 Å². The van der Waals surface area contributed by atoms with Gasteiger partial charge in [0.25, 0.3) is 0 Å². The average molecular weight is 424 g/mol. The van der Waals surface area contributed by atoms with Crippen molar-refractivity contribution in [2.75, 3.05) is 28.6 Å². The average Bonchev–Trinajstić information content (AvgIpc) is 3.48. The smallest absolute Gasteiger partial charge is 0.323 e. The highest BCUT2D eigenvalue weighted by molar-refractivity contribution is 6.02. The molecule has 0 aliphatic heterocycles. The summed E-state index contributed by atoms with van der Waals surface area (Å²) < 4.78 is 0. The highest BCUT2D eigenvalue weighted by Crippen LogP contribution is 2.49. The van der Waals surface area contributed by atoms with Gasteiger partial charge < -0.3 is 20.6 Å². The first-order valence-corrected chi connectivity index (χ1v) is 11.0. The normalized spacial score (nSPS) is 17.5. The Labute approximate surface area is 184 Å². The lowest BCUT2D eigenvalue weighted by molar-refractivity contribution is -0.138. The van der Waals surface area contributed by atoms with E-state index < -0.39 is 5.97 Å². The molecule has 3 rings (SSSR count). The van der Waals surface area contributed by atoms with Gasteiger partial charge in [0, 0.05) is 18.8 Å². The summed E-state index contributed by atoms with van der Waals surface area (Å²) in [6.45, 7) is 10.5. The van der Waals surface area contributed by atoms with Gasteiger partial charge in [-0.2, -0.15) is 0 Å². The van der Waals surface area contributed by atoms with Crippen molar-refractivity contribution in [3.8, 4) is 0 Å². The molecule has 6 heteroatoms. The highest BCUT2D eigenvalue weighted by Gasteiger charge is 2.44. The molecule has 0 unspecified atom stereocenters. The van der Waals surface area contributed by atoms with E-state index in [0.29, 0.717) is 29.6 Å². The highest BCUT2D eigenvalue weighted by atomic mass is 16.4. The fourth-order valence-corrected chi connectivity index (χ4v) is 3.96. The summed E-state index contributed by atoms with van der Waals surface area (Å²) in [6, 6.07) is 15.0. The van der Waals surface area contributed by atoms with Crippen LogP contribution in [0.4, 0.5) is 21.9 Å². The molecule has 0 spiro atoms. The van der Waals surface area contributed by atoms with Crippen LogP contribution in [0.1, 0.15) is 45.6 Å². The number of nitrogens with zero attached hydrogens (tertiary/aromatic N) is 1. The Hall–Kier alpha value is -3.02. The second-order valence-corrected chi connectivity index (χ2v) is 9.20. The van der Waals surface area contributed by atoms with E-state index in [0.717, 1.165) is 24.3 Å². The molecule has 1 saturated carbocycles. The van der Waals surface area contributed by atoms with Crippen LogP contribution >= 0.6 is 0 Å². The second-order valence-electron chi connectivity index (χ2n) is 9.20. The number of urea groups is 1. The molecule has 2 atom stereocenters. The third kappa shape index (κ3) is 6.23. The Balaban J connectivity index is 1.89. The molecule has 1 aliphatic carbocycles. The van der Waals surface area contributed by atoms with Gasteiger partial charge in [0.1, 0.15) is 0 Å². The number of nitrogens with one attached hydrogen (secondary N) is 2. The predicted octanol–water partition coefficient (Wildman–Crippen LogP) is 5.64. The Morgan fingerprint density at radius 2 is 1.65 bits per heavy atom. The molecule has 0 heterocycles. The van der Waals surface area contributed by atoms with E-state index in [1.54, 1.807) is 0 Å². The molecule has 3 N–H and O–H groups in total. The van der Waals surface area contributed by atoms with E-state index in [1.165, 1.54) is 0 Å². The number of rotatable bonds is 9. The van der Waals surface area contributed by atoms with Crippen molar-refractivity contribution in [3.63, 3.8) is 0 Å². The molecule has 0 aromatic heterocycles. The molecular formula is C25H33N3O3. The Kier molecular flexibility index (Phi) is 7.21. The monoisotopic (exact) mass is 423 g/mol. The van der Waals surface area contributed by atoms with E-state index >= 15 is 0 Å². The zero-order valence-corrected chi connectivity index (χ0v) is 18.8. The number of amides is 2. The standard InChI is InChI=1S/C25H33N3O3/c1-16(2)14-28(15-17(3)4)23-11-10-18(20-13-21(20)24(29)30)12-22(23)27-25(31)26-19-8-6-5-7-9-19/h5-12,16-17,20-21H,13-15H2,1-4H3,(H,29,30)(H2,26,27,31)/t20-,21-/m1/s1. The first-order valence-electron chi connectivity index (χ1n) is 11.0. The fraction of sp³-hybridized carbons (Fsp3) is 0.440. The van der Waals surface area contributed by atoms with Gasteiger partial charge in [0.15, 0.2) is 0 Å². The van der Waals surface area contributed by atoms with Crippen LogP contribution in [-0.4, -0.2) is 30.2 Å². The quantitative estimate of drug-likeness (QED) is 0.488. The van der Waals surface area contributed by atoms with Crippen LogP contribution in [0.25, 0.3) is 0 Å². The number of para-hydroxylation sites is 1. The number of carbonyl (C=O) groups excluding carboxylic acids is 1. The number of carbonyl (C=O) groups is 2. The van der Waals surface area contributed by atoms with E-state index in [-0.39, 0.29) is 17.9 Å². The third-order valence-electron chi connectivity index (χ3n) is 5.35. The van der Waals surface area contributed by atoms with Crippen molar-refractivity contribution in [2.45, 2.75) is 40.0 Å². The summed E-state index contributed by atoms with van der Waals surface area (Å²) in [7, 11) is 0. The zero-order chi connectivity index (χ0) is 22.5. The fourth-order valence-electron chi connectivity index (χ4n) is 3.96. The molecule has 0 radical (unpaired) electrons. The SMILES string of the molecule is CC(C)CN(CC(C)C)c1ccc([C@H]2C[C@H]2C(=O)O)cc1NC(=O)Nc1ccccc1. The van der Waals surface area contributed by atoms with Crippen molar-refractivity contribution in [2.24, 2.45) is 17.8 Å². The number of anilines is 3. The van der Waals surface area contributed by atoms with Crippen LogP contribution in [0.2, 0.25) is 0 Å². The van der Waals surface area contributed by atoms with Gasteiger partial charge in [-0.15, -0.1) is 0 Å². The number of carboxylic acid groups (broad SMARTS) is 1. The molecule has 2 aromatic rings. The molecule has 31 heavy (non-hydrogen) atoms. The Bertz CT molecular complexity index is 901. The van der Waals surface area contributed by atoms with Crippen LogP contribution in [0.3, 0.4) is 0 Å². The first-order chi connectivity index (χ1) is 14.7. The lowest BCUT2D eigenvalue weighted by Crippen LogP contribution is -2.32. The first kappa shape index (κ1) is 22.7. The van der Waals surface area contributed by atoms with E-state index in [1.807, 2.05) is 48.5 Å². The maximum Gasteiger partial charge on any atom is 0.323 e. The van der Waals surface area contributed by atoms with Crippen molar-refractivity contribution in [1.29, 1.82) is 0 Å².